The summed E-state index contributed by atoms with van der Waals surface area (Å²) in [6, 6.07) is 0.375. The van der Waals surface area contributed by atoms with Gasteiger partial charge in [-0.2, -0.15) is 5.10 Å². The maximum Gasteiger partial charge on any atom is 0.225 e. The summed E-state index contributed by atoms with van der Waals surface area (Å²) in [5, 5.41) is 7.53. The molecule has 0 bridgehead atoms. The number of carbonyl (C=O) groups is 2. The Morgan fingerprint density at radius 3 is 2.60 bits per heavy atom. The van der Waals surface area contributed by atoms with Crippen molar-refractivity contribution in [1.82, 2.24) is 20.0 Å². The summed E-state index contributed by atoms with van der Waals surface area (Å²) in [4.78, 5) is 26.5. The first-order chi connectivity index (χ1) is 12.0. The highest BCUT2D eigenvalue weighted by molar-refractivity contribution is 5.89. The number of rotatable bonds is 6. The van der Waals surface area contributed by atoms with E-state index in [9.17, 15) is 9.59 Å². The maximum absolute atomic E-state index is 12.4. The molecule has 1 aromatic rings. The van der Waals surface area contributed by atoms with Crippen LogP contribution in [0.2, 0.25) is 0 Å². The molecular weight excluding hydrogens is 316 g/mol. The van der Waals surface area contributed by atoms with Gasteiger partial charge in [0.2, 0.25) is 11.8 Å². The van der Waals surface area contributed by atoms with E-state index in [1.807, 2.05) is 16.5 Å². The highest BCUT2D eigenvalue weighted by Gasteiger charge is 2.38. The molecule has 25 heavy (non-hydrogen) atoms. The average molecular weight is 346 g/mol. The van der Waals surface area contributed by atoms with Crippen molar-refractivity contribution < 1.29 is 9.59 Å². The van der Waals surface area contributed by atoms with Gasteiger partial charge in [-0.1, -0.05) is 12.8 Å². The minimum absolute atomic E-state index is 0.0263. The zero-order chi connectivity index (χ0) is 18.0. The molecule has 6 heteroatoms. The number of carbonyl (C=O) groups excluding carboxylic acids is 2. The highest BCUT2D eigenvalue weighted by Crippen LogP contribution is 2.29. The van der Waals surface area contributed by atoms with Crippen LogP contribution in [0.15, 0.2) is 0 Å². The molecule has 1 saturated heterocycles. The minimum Gasteiger partial charge on any atom is -0.356 e. The Morgan fingerprint density at radius 1 is 1.24 bits per heavy atom. The second-order valence-corrected chi connectivity index (χ2v) is 7.55. The number of aromatic nitrogens is 2. The Labute approximate surface area is 149 Å². The minimum atomic E-state index is -0.177. The summed E-state index contributed by atoms with van der Waals surface area (Å²) in [6.45, 7) is 8.22. The molecule has 1 atom stereocenters. The van der Waals surface area contributed by atoms with Gasteiger partial charge in [-0.05, 0) is 45.6 Å². The first kappa shape index (κ1) is 18.0. The van der Waals surface area contributed by atoms with Gasteiger partial charge in [-0.25, -0.2) is 0 Å². The van der Waals surface area contributed by atoms with E-state index in [4.69, 9.17) is 0 Å². The third kappa shape index (κ3) is 3.88. The van der Waals surface area contributed by atoms with Crippen LogP contribution in [0.5, 0.6) is 0 Å². The fraction of sp³-hybridized carbons (Fsp3) is 0.737. The van der Waals surface area contributed by atoms with Crippen LogP contribution in [0.25, 0.3) is 0 Å². The number of amides is 2. The van der Waals surface area contributed by atoms with Crippen LogP contribution in [0.4, 0.5) is 0 Å². The average Bonchev–Trinajstić information content (AvgIpc) is 3.29. The van der Waals surface area contributed by atoms with Crippen LogP contribution in [-0.2, 0) is 16.1 Å². The zero-order valence-electron chi connectivity index (χ0n) is 15.7. The number of aryl methyl sites for hydroxylation is 2. The molecule has 1 aliphatic carbocycles. The largest absolute Gasteiger partial charge is 0.356 e. The van der Waals surface area contributed by atoms with Gasteiger partial charge in [0.25, 0.3) is 0 Å². The molecule has 0 unspecified atom stereocenters. The van der Waals surface area contributed by atoms with Crippen LogP contribution in [0.1, 0.15) is 55.5 Å². The lowest BCUT2D eigenvalue weighted by Crippen LogP contribution is -2.37. The molecular formula is C19H30N4O2. The molecule has 2 amide bonds. The molecule has 1 aromatic heterocycles. The quantitative estimate of drug-likeness (QED) is 0.802. The Balaban J connectivity index is 1.42. The van der Waals surface area contributed by atoms with Crippen LogP contribution in [0.3, 0.4) is 0 Å². The van der Waals surface area contributed by atoms with Gasteiger partial charge in [0, 0.05) is 37.8 Å². The molecule has 0 aromatic carbocycles. The van der Waals surface area contributed by atoms with E-state index < -0.39 is 0 Å². The summed E-state index contributed by atoms with van der Waals surface area (Å²) in [6.07, 6.45) is 5.83. The van der Waals surface area contributed by atoms with Crippen molar-refractivity contribution in [3.8, 4) is 0 Å². The van der Waals surface area contributed by atoms with Crippen LogP contribution in [0, 0.1) is 26.7 Å². The monoisotopic (exact) mass is 346 g/mol. The molecule has 1 saturated carbocycles. The van der Waals surface area contributed by atoms with Gasteiger partial charge in [0.1, 0.15) is 0 Å². The van der Waals surface area contributed by atoms with E-state index in [0.717, 1.165) is 31.5 Å². The van der Waals surface area contributed by atoms with Crippen molar-refractivity contribution in [2.45, 2.75) is 71.9 Å². The number of hydrogen-bond acceptors (Lipinski definition) is 3. The normalized spacial score (nSPS) is 21.3. The van der Waals surface area contributed by atoms with E-state index >= 15 is 0 Å². The van der Waals surface area contributed by atoms with Crippen LogP contribution >= 0.6 is 0 Å². The third-order valence-electron chi connectivity index (χ3n) is 5.88. The molecule has 0 spiro atoms. The Bertz CT molecular complexity index is 646. The van der Waals surface area contributed by atoms with Crippen molar-refractivity contribution in [2.75, 3.05) is 13.1 Å². The van der Waals surface area contributed by atoms with E-state index in [2.05, 4.69) is 24.3 Å². The maximum atomic E-state index is 12.4. The molecule has 3 rings (SSSR count). The van der Waals surface area contributed by atoms with Crippen LogP contribution < -0.4 is 5.32 Å². The number of likely N-dealkylation sites (tertiary alicyclic amines) is 1. The molecule has 2 aliphatic rings. The van der Waals surface area contributed by atoms with Crippen molar-refractivity contribution >= 4 is 11.8 Å². The molecule has 138 valence electrons. The summed E-state index contributed by atoms with van der Waals surface area (Å²) in [5.74, 6) is 0.00703. The Morgan fingerprint density at radius 2 is 1.96 bits per heavy atom. The highest BCUT2D eigenvalue weighted by atomic mass is 16.2. The Hall–Kier alpha value is -1.85. The molecule has 0 radical (unpaired) electrons. The van der Waals surface area contributed by atoms with Crippen molar-refractivity contribution in [2.24, 2.45) is 5.92 Å². The molecule has 6 nitrogen and oxygen atoms in total. The summed E-state index contributed by atoms with van der Waals surface area (Å²) in [5.41, 5.74) is 3.50. The third-order valence-corrected chi connectivity index (χ3v) is 5.88. The Kier molecular flexibility index (Phi) is 5.45. The van der Waals surface area contributed by atoms with Crippen LogP contribution in [-0.4, -0.2) is 45.6 Å². The predicted molar refractivity (Wildman–Crippen MR) is 96.1 cm³/mol. The zero-order valence-corrected chi connectivity index (χ0v) is 15.7. The molecule has 1 aliphatic heterocycles. The fourth-order valence-electron chi connectivity index (χ4n) is 4.07. The number of nitrogens with zero attached hydrogens (tertiary/aromatic N) is 3. The number of hydrogen-bond donors (Lipinski definition) is 1. The predicted octanol–water partition coefficient (Wildman–Crippen LogP) is 2.11. The first-order valence-electron chi connectivity index (χ1n) is 9.55. The smallest absolute Gasteiger partial charge is 0.225 e. The molecule has 2 fully saturated rings. The van der Waals surface area contributed by atoms with Gasteiger partial charge < -0.3 is 10.2 Å². The first-order valence-corrected chi connectivity index (χ1v) is 9.55. The van der Waals surface area contributed by atoms with Crippen molar-refractivity contribution in [1.29, 1.82) is 0 Å². The lowest BCUT2D eigenvalue weighted by atomic mass is 10.1. The molecule has 2 heterocycles. The lowest BCUT2D eigenvalue weighted by molar-refractivity contribution is -0.130. The van der Waals surface area contributed by atoms with E-state index in [-0.39, 0.29) is 17.7 Å². The summed E-state index contributed by atoms with van der Waals surface area (Å²) in [7, 11) is 0. The topological polar surface area (TPSA) is 67.2 Å². The van der Waals surface area contributed by atoms with Crippen molar-refractivity contribution in [3.05, 3.63) is 17.0 Å². The van der Waals surface area contributed by atoms with Gasteiger partial charge >= 0.3 is 0 Å². The summed E-state index contributed by atoms with van der Waals surface area (Å²) >= 11 is 0. The van der Waals surface area contributed by atoms with Crippen molar-refractivity contribution in [3.63, 3.8) is 0 Å². The van der Waals surface area contributed by atoms with E-state index in [1.54, 1.807) is 0 Å². The summed E-state index contributed by atoms with van der Waals surface area (Å²) < 4.78 is 2.01. The molecule has 1 N–H and O–H groups in total. The van der Waals surface area contributed by atoms with Gasteiger partial charge in [0.05, 0.1) is 11.6 Å². The van der Waals surface area contributed by atoms with E-state index in [1.165, 1.54) is 24.1 Å². The van der Waals surface area contributed by atoms with Gasteiger partial charge in [-0.3, -0.25) is 14.3 Å². The SMILES string of the molecule is Cc1nn(CCCNC(=O)[C@H]2CC(=O)N(C3CCCC3)C2)c(C)c1C. The second-order valence-electron chi connectivity index (χ2n) is 7.55. The van der Waals surface area contributed by atoms with Gasteiger partial charge in [-0.15, -0.1) is 0 Å². The lowest BCUT2D eigenvalue weighted by Gasteiger charge is -2.23. The number of nitrogens with one attached hydrogen (secondary N) is 1. The van der Waals surface area contributed by atoms with Gasteiger partial charge in [0.15, 0.2) is 0 Å². The van der Waals surface area contributed by atoms with E-state index in [0.29, 0.717) is 25.6 Å². The fourth-order valence-corrected chi connectivity index (χ4v) is 4.07. The second kappa shape index (κ2) is 7.58. The standard InChI is InChI=1S/C19H30N4O2/c1-13-14(2)21-23(15(13)3)10-6-9-20-19(25)16-11-18(24)22(12-16)17-7-4-5-8-17/h16-17H,4-12H2,1-3H3,(H,20,25)/t16-/m0/s1.